The molecule has 90 valence electrons. The van der Waals surface area contributed by atoms with E-state index in [4.69, 9.17) is 16.3 Å². The number of benzene rings is 1. The van der Waals surface area contributed by atoms with Crippen LogP contribution in [0, 0.1) is 0 Å². The van der Waals surface area contributed by atoms with E-state index in [-0.39, 0.29) is 0 Å². The van der Waals surface area contributed by atoms with Gasteiger partial charge in [0.1, 0.15) is 5.75 Å². The quantitative estimate of drug-likeness (QED) is 0.760. The Morgan fingerprint density at radius 2 is 2.25 bits per heavy atom. The molecule has 16 heavy (non-hydrogen) atoms. The van der Waals surface area contributed by atoms with Gasteiger partial charge in [-0.2, -0.15) is 11.8 Å². The van der Waals surface area contributed by atoms with Crippen LogP contribution in [0.15, 0.2) is 18.2 Å². The molecule has 1 aromatic carbocycles. The molecular formula is C12H18ClNOS. The van der Waals surface area contributed by atoms with Crippen molar-refractivity contribution in [3.8, 4) is 5.75 Å². The van der Waals surface area contributed by atoms with E-state index in [2.05, 4.69) is 11.6 Å². The first-order chi connectivity index (χ1) is 7.79. The van der Waals surface area contributed by atoms with Crippen molar-refractivity contribution in [3.63, 3.8) is 0 Å². The summed E-state index contributed by atoms with van der Waals surface area (Å²) in [7, 11) is 1.67. The Hall–Kier alpha value is -0.380. The Bertz CT molecular complexity index is 320. The molecule has 0 heterocycles. The van der Waals surface area contributed by atoms with Gasteiger partial charge in [0.25, 0.3) is 0 Å². The molecule has 0 amide bonds. The van der Waals surface area contributed by atoms with Crippen molar-refractivity contribution in [2.24, 2.45) is 0 Å². The first-order valence-electron chi connectivity index (χ1n) is 5.30. The van der Waals surface area contributed by atoms with Crippen LogP contribution in [0.5, 0.6) is 5.75 Å². The zero-order valence-corrected chi connectivity index (χ0v) is 11.3. The highest BCUT2D eigenvalue weighted by molar-refractivity contribution is 7.98. The number of rotatable bonds is 7. The van der Waals surface area contributed by atoms with Gasteiger partial charge < -0.3 is 10.1 Å². The van der Waals surface area contributed by atoms with Gasteiger partial charge in [0, 0.05) is 17.1 Å². The molecule has 0 saturated heterocycles. The zero-order chi connectivity index (χ0) is 11.8. The molecule has 0 atom stereocenters. The van der Waals surface area contributed by atoms with Crippen LogP contribution < -0.4 is 10.1 Å². The lowest BCUT2D eigenvalue weighted by Gasteiger charge is -2.11. The Labute approximate surface area is 107 Å². The van der Waals surface area contributed by atoms with Gasteiger partial charge in [-0.15, -0.1) is 0 Å². The molecular weight excluding hydrogens is 242 g/mol. The lowest BCUT2D eigenvalue weighted by atomic mass is 10.2. The Morgan fingerprint density at radius 1 is 1.44 bits per heavy atom. The minimum atomic E-state index is 0.761. The summed E-state index contributed by atoms with van der Waals surface area (Å²) in [5.74, 6) is 2.04. The van der Waals surface area contributed by atoms with Crippen molar-refractivity contribution in [2.75, 3.05) is 25.7 Å². The van der Waals surface area contributed by atoms with E-state index in [0.29, 0.717) is 0 Å². The Kier molecular flexibility index (Phi) is 6.69. The first kappa shape index (κ1) is 13.7. The highest BCUT2D eigenvalue weighted by atomic mass is 35.5. The maximum atomic E-state index is 6.12. The van der Waals surface area contributed by atoms with Crippen LogP contribution in [0.1, 0.15) is 12.0 Å². The molecule has 0 radical (unpaired) electrons. The van der Waals surface area contributed by atoms with Gasteiger partial charge in [-0.05, 0) is 37.1 Å². The maximum absolute atomic E-state index is 6.12. The van der Waals surface area contributed by atoms with Gasteiger partial charge in [-0.3, -0.25) is 0 Å². The molecule has 0 saturated carbocycles. The number of nitrogens with one attached hydrogen (secondary N) is 1. The summed E-state index contributed by atoms with van der Waals surface area (Å²) in [5, 5.41) is 4.14. The number of halogens is 1. The SMILES string of the molecule is COc1cccc(Cl)c1CNCCCSC. The van der Waals surface area contributed by atoms with Gasteiger partial charge in [0.2, 0.25) is 0 Å². The normalized spacial score (nSPS) is 10.4. The lowest BCUT2D eigenvalue weighted by Crippen LogP contribution is -2.16. The van der Waals surface area contributed by atoms with Gasteiger partial charge in [-0.1, -0.05) is 17.7 Å². The van der Waals surface area contributed by atoms with Gasteiger partial charge >= 0.3 is 0 Å². The second kappa shape index (κ2) is 7.82. The number of methoxy groups -OCH3 is 1. The van der Waals surface area contributed by atoms with Crippen LogP contribution in [0.2, 0.25) is 5.02 Å². The maximum Gasteiger partial charge on any atom is 0.124 e. The van der Waals surface area contributed by atoms with Crippen molar-refractivity contribution >= 4 is 23.4 Å². The molecule has 0 fully saturated rings. The van der Waals surface area contributed by atoms with E-state index >= 15 is 0 Å². The summed E-state index contributed by atoms with van der Waals surface area (Å²) in [6, 6.07) is 5.73. The van der Waals surface area contributed by atoms with Crippen LogP contribution in [0.4, 0.5) is 0 Å². The second-order valence-corrected chi connectivity index (χ2v) is 4.84. The van der Waals surface area contributed by atoms with Crippen LogP contribution in [-0.2, 0) is 6.54 Å². The number of hydrogen-bond acceptors (Lipinski definition) is 3. The van der Waals surface area contributed by atoms with Crippen LogP contribution in [0.3, 0.4) is 0 Å². The predicted molar refractivity (Wildman–Crippen MR) is 72.7 cm³/mol. The van der Waals surface area contributed by atoms with Gasteiger partial charge in [-0.25, -0.2) is 0 Å². The Balaban J connectivity index is 2.46. The van der Waals surface area contributed by atoms with Crippen molar-refractivity contribution in [3.05, 3.63) is 28.8 Å². The molecule has 0 spiro atoms. The van der Waals surface area contributed by atoms with E-state index in [1.165, 1.54) is 12.2 Å². The van der Waals surface area contributed by atoms with E-state index in [1.807, 2.05) is 30.0 Å². The third kappa shape index (κ3) is 4.24. The summed E-state index contributed by atoms with van der Waals surface area (Å²) in [4.78, 5) is 0. The molecule has 1 N–H and O–H groups in total. The number of thioether (sulfide) groups is 1. The standard InChI is InChI=1S/C12H18ClNOS/c1-15-12-6-3-5-11(13)10(12)9-14-7-4-8-16-2/h3,5-6,14H,4,7-9H2,1-2H3. The molecule has 0 aliphatic carbocycles. The molecule has 4 heteroatoms. The molecule has 2 nitrogen and oxygen atoms in total. The van der Waals surface area contributed by atoms with Crippen LogP contribution in [0.25, 0.3) is 0 Å². The summed E-state index contributed by atoms with van der Waals surface area (Å²) < 4.78 is 5.28. The van der Waals surface area contributed by atoms with Crippen molar-refractivity contribution in [2.45, 2.75) is 13.0 Å². The summed E-state index contributed by atoms with van der Waals surface area (Å²) >= 11 is 7.99. The van der Waals surface area contributed by atoms with E-state index in [0.717, 1.165) is 29.4 Å². The zero-order valence-electron chi connectivity index (χ0n) is 9.75. The van der Waals surface area contributed by atoms with Gasteiger partial charge in [0.15, 0.2) is 0 Å². The van der Waals surface area contributed by atoms with E-state index < -0.39 is 0 Å². The molecule has 0 aliphatic rings. The fourth-order valence-electron chi connectivity index (χ4n) is 1.46. The number of hydrogen-bond donors (Lipinski definition) is 1. The summed E-state index contributed by atoms with van der Waals surface area (Å²) in [6.45, 7) is 1.77. The van der Waals surface area contributed by atoms with Crippen molar-refractivity contribution < 1.29 is 4.74 Å². The largest absolute Gasteiger partial charge is 0.496 e. The topological polar surface area (TPSA) is 21.3 Å². The summed E-state index contributed by atoms with van der Waals surface area (Å²) in [6.07, 6.45) is 3.30. The highest BCUT2D eigenvalue weighted by Crippen LogP contribution is 2.25. The Morgan fingerprint density at radius 3 is 2.94 bits per heavy atom. The fraction of sp³-hybridized carbons (Fsp3) is 0.500. The molecule has 0 aromatic heterocycles. The molecule has 0 aliphatic heterocycles. The van der Waals surface area contributed by atoms with E-state index in [1.54, 1.807) is 7.11 Å². The monoisotopic (exact) mass is 259 g/mol. The lowest BCUT2D eigenvalue weighted by molar-refractivity contribution is 0.408. The van der Waals surface area contributed by atoms with Crippen LogP contribution >= 0.6 is 23.4 Å². The smallest absolute Gasteiger partial charge is 0.124 e. The minimum Gasteiger partial charge on any atom is -0.496 e. The first-order valence-corrected chi connectivity index (χ1v) is 7.07. The minimum absolute atomic E-state index is 0.761. The fourth-order valence-corrected chi connectivity index (χ4v) is 2.12. The summed E-state index contributed by atoms with van der Waals surface area (Å²) in [5.41, 5.74) is 1.04. The molecule has 1 aromatic rings. The molecule has 1 rings (SSSR count). The average Bonchev–Trinajstić information content (AvgIpc) is 2.30. The third-order valence-electron chi connectivity index (χ3n) is 2.30. The highest BCUT2D eigenvalue weighted by Gasteiger charge is 2.06. The molecule has 0 bridgehead atoms. The second-order valence-electron chi connectivity index (χ2n) is 3.44. The van der Waals surface area contributed by atoms with Gasteiger partial charge in [0.05, 0.1) is 7.11 Å². The third-order valence-corrected chi connectivity index (χ3v) is 3.35. The number of ether oxygens (including phenoxy) is 1. The van der Waals surface area contributed by atoms with E-state index in [9.17, 15) is 0 Å². The average molecular weight is 260 g/mol. The van der Waals surface area contributed by atoms with Crippen molar-refractivity contribution in [1.29, 1.82) is 0 Å². The van der Waals surface area contributed by atoms with Crippen molar-refractivity contribution in [1.82, 2.24) is 5.32 Å². The van der Waals surface area contributed by atoms with Crippen LogP contribution in [-0.4, -0.2) is 25.7 Å². The molecule has 0 unspecified atom stereocenters. The predicted octanol–water partition coefficient (Wildman–Crippen LogP) is 3.19.